The number of hydrogen-bond donors (Lipinski definition) is 0. The fraction of sp³-hybridized carbons (Fsp3) is 0.0508. The van der Waals surface area contributed by atoms with Crippen molar-refractivity contribution in [1.82, 2.24) is 4.57 Å². The molecule has 1 unspecified atom stereocenters. The van der Waals surface area contributed by atoms with Gasteiger partial charge >= 0.3 is 0 Å². The van der Waals surface area contributed by atoms with E-state index >= 15 is 0 Å². The number of nitrogens with zero attached hydrogens (tertiary/aromatic N) is 2. The lowest BCUT2D eigenvalue weighted by molar-refractivity contribution is 0.666. The number of fused-ring (bicyclic) bond motifs is 19. The first kappa shape index (κ1) is 33.9. The SMILES string of the molecule is Cc1ccccc1N(c1cc2c(c3ccccc13)-c1c(ccc3ccccc13)C21c2ccccc2-n2c3ccccc3c3cccc1c32)c1cccc2c1oc1c(C)cccc12. The Morgan fingerprint density at radius 1 is 0.403 bits per heavy atom. The summed E-state index contributed by atoms with van der Waals surface area (Å²) in [6, 6.07) is 72.4. The highest BCUT2D eigenvalue weighted by molar-refractivity contribution is 6.19. The third-order valence-corrected chi connectivity index (χ3v) is 14.2. The van der Waals surface area contributed by atoms with Crippen LogP contribution in [0.1, 0.15) is 33.4 Å². The fourth-order valence-corrected chi connectivity index (χ4v) is 11.7. The van der Waals surface area contributed by atoms with Gasteiger partial charge in [-0.3, -0.25) is 0 Å². The molecular weight excluding hydrogens is 753 g/mol. The Hall–Kier alpha value is -7.88. The van der Waals surface area contributed by atoms with Crippen molar-refractivity contribution >= 4 is 82.4 Å². The molecule has 1 spiro atoms. The quantitative estimate of drug-likeness (QED) is 0.178. The summed E-state index contributed by atoms with van der Waals surface area (Å²) in [6.07, 6.45) is 0. The van der Waals surface area contributed by atoms with E-state index in [9.17, 15) is 0 Å². The molecule has 62 heavy (non-hydrogen) atoms. The first-order valence-electron chi connectivity index (χ1n) is 21.6. The summed E-state index contributed by atoms with van der Waals surface area (Å²) in [4.78, 5) is 2.49. The van der Waals surface area contributed by atoms with Crippen molar-refractivity contribution in [3.05, 3.63) is 228 Å². The Labute approximate surface area is 358 Å². The van der Waals surface area contributed by atoms with Crippen molar-refractivity contribution in [2.24, 2.45) is 0 Å². The average molecular weight is 791 g/mol. The lowest BCUT2D eigenvalue weighted by Crippen LogP contribution is -2.33. The van der Waals surface area contributed by atoms with E-state index in [1.807, 2.05) is 0 Å². The van der Waals surface area contributed by atoms with Gasteiger partial charge in [0.05, 0.1) is 33.5 Å². The lowest BCUT2D eigenvalue weighted by atomic mass is 9.65. The van der Waals surface area contributed by atoms with E-state index < -0.39 is 5.41 Å². The van der Waals surface area contributed by atoms with Crippen LogP contribution < -0.4 is 4.90 Å². The van der Waals surface area contributed by atoms with Gasteiger partial charge in [-0.1, -0.05) is 164 Å². The molecule has 3 heterocycles. The predicted octanol–water partition coefficient (Wildman–Crippen LogP) is 15.8. The molecule has 3 nitrogen and oxygen atoms in total. The minimum Gasteiger partial charge on any atom is -0.454 e. The Morgan fingerprint density at radius 3 is 1.90 bits per heavy atom. The number of para-hydroxylation sites is 6. The molecule has 0 fully saturated rings. The maximum absolute atomic E-state index is 7.00. The van der Waals surface area contributed by atoms with Crippen molar-refractivity contribution in [1.29, 1.82) is 0 Å². The molecule has 0 bridgehead atoms. The fourth-order valence-electron chi connectivity index (χ4n) is 11.7. The van der Waals surface area contributed by atoms with Gasteiger partial charge in [-0.25, -0.2) is 0 Å². The molecule has 2 aromatic heterocycles. The smallest absolute Gasteiger partial charge is 0.159 e. The van der Waals surface area contributed by atoms with Gasteiger partial charge in [0.15, 0.2) is 5.58 Å². The topological polar surface area (TPSA) is 21.3 Å². The summed E-state index contributed by atoms with van der Waals surface area (Å²) >= 11 is 0. The number of hydrogen-bond acceptors (Lipinski definition) is 2. The highest BCUT2D eigenvalue weighted by Gasteiger charge is 2.52. The van der Waals surface area contributed by atoms with Gasteiger partial charge in [-0.15, -0.1) is 0 Å². The molecule has 2 aliphatic rings. The van der Waals surface area contributed by atoms with Gasteiger partial charge in [-0.2, -0.15) is 0 Å². The number of anilines is 3. The summed E-state index contributed by atoms with van der Waals surface area (Å²) in [5, 5.41) is 9.73. The molecule has 10 aromatic carbocycles. The molecule has 1 atom stereocenters. The normalized spacial score (nSPS) is 15.0. The van der Waals surface area contributed by atoms with Gasteiger partial charge in [0.25, 0.3) is 0 Å². The zero-order valence-corrected chi connectivity index (χ0v) is 34.3. The molecule has 0 amide bonds. The molecule has 0 radical (unpaired) electrons. The van der Waals surface area contributed by atoms with Gasteiger partial charge in [0.1, 0.15) is 5.58 Å². The summed E-state index contributed by atoms with van der Waals surface area (Å²) in [7, 11) is 0. The van der Waals surface area contributed by atoms with Gasteiger partial charge in [-0.05, 0) is 105 Å². The highest BCUT2D eigenvalue weighted by atomic mass is 16.3. The van der Waals surface area contributed by atoms with Crippen LogP contribution in [0.2, 0.25) is 0 Å². The summed E-state index contributed by atoms with van der Waals surface area (Å²) in [6.45, 7) is 4.36. The first-order chi connectivity index (χ1) is 30.6. The Balaban J connectivity index is 1.20. The second kappa shape index (κ2) is 12.1. The van der Waals surface area contributed by atoms with Gasteiger partial charge in [0, 0.05) is 32.6 Å². The Morgan fingerprint density at radius 2 is 1.02 bits per heavy atom. The minimum atomic E-state index is -0.645. The van der Waals surface area contributed by atoms with E-state index in [4.69, 9.17) is 4.42 Å². The molecular formula is C59H38N2O. The largest absolute Gasteiger partial charge is 0.454 e. The second-order valence-corrected chi connectivity index (χ2v) is 17.2. The van der Waals surface area contributed by atoms with E-state index in [0.717, 1.165) is 44.6 Å². The number of furan rings is 1. The number of rotatable bonds is 3. The van der Waals surface area contributed by atoms with E-state index in [2.05, 4.69) is 217 Å². The third kappa shape index (κ3) is 4.11. The van der Waals surface area contributed by atoms with Crippen LogP contribution in [0.3, 0.4) is 0 Å². The predicted molar refractivity (Wildman–Crippen MR) is 258 cm³/mol. The van der Waals surface area contributed by atoms with Crippen LogP contribution in [0.15, 0.2) is 199 Å². The maximum atomic E-state index is 7.00. The van der Waals surface area contributed by atoms with Crippen LogP contribution in [0.25, 0.3) is 82.1 Å². The first-order valence-corrected chi connectivity index (χ1v) is 21.6. The Bertz CT molecular complexity index is 3920. The van der Waals surface area contributed by atoms with Crippen LogP contribution in [0.4, 0.5) is 17.1 Å². The van der Waals surface area contributed by atoms with Crippen LogP contribution in [-0.2, 0) is 5.41 Å². The molecule has 0 N–H and O–H groups in total. The maximum Gasteiger partial charge on any atom is 0.159 e. The van der Waals surface area contributed by atoms with Crippen molar-refractivity contribution < 1.29 is 4.42 Å². The van der Waals surface area contributed by atoms with Crippen LogP contribution >= 0.6 is 0 Å². The van der Waals surface area contributed by atoms with Crippen LogP contribution in [0, 0.1) is 13.8 Å². The standard InChI is InChI=1S/C59H38N2O/c1-35-16-3-10-28-49(35)60(52-31-15-25-44-43-24-13-17-36(2)57(43)62-58(44)52)53-34-48-55(41-22-7-6-20-39(41)53)54-38-19-5-4-18-37(38)32-33-46(54)59(48)45-26-9-12-30-51(45)61-50-29-11-8-21-40(50)42-23-14-27-47(59)56(42)61/h3-34H,1-2H3. The summed E-state index contributed by atoms with van der Waals surface area (Å²) in [5.41, 5.74) is 18.3. The van der Waals surface area contributed by atoms with Gasteiger partial charge < -0.3 is 13.9 Å². The van der Waals surface area contributed by atoms with E-state index in [0.29, 0.717) is 0 Å². The highest BCUT2D eigenvalue weighted by Crippen LogP contribution is 2.64. The third-order valence-electron chi connectivity index (χ3n) is 14.2. The van der Waals surface area contributed by atoms with Crippen molar-refractivity contribution in [3.8, 4) is 16.8 Å². The zero-order chi connectivity index (χ0) is 40.8. The van der Waals surface area contributed by atoms with Crippen molar-refractivity contribution in [3.63, 3.8) is 0 Å². The second-order valence-electron chi connectivity index (χ2n) is 17.2. The van der Waals surface area contributed by atoms with Crippen molar-refractivity contribution in [2.45, 2.75) is 19.3 Å². The van der Waals surface area contributed by atoms with Crippen molar-refractivity contribution in [2.75, 3.05) is 4.90 Å². The van der Waals surface area contributed by atoms with Gasteiger partial charge in [0.2, 0.25) is 0 Å². The summed E-state index contributed by atoms with van der Waals surface area (Å²) in [5.74, 6) is 0. The Kier molecular flexibility index (Phi) is 6.63. The molecule has 1 aliphatic carbocycles. The number of aromatic nitrogens is 1. The monoisotopic (exact) mass is 790 g/mol. The minimum absolute atomic E-state index is 0.645. The molecule has 12 aromatic rings. The zero-order valence-electron chi connectivity index (χ0n) is 34.3. The molecule has 290 valence electrons. The lowest BCUT2D eigenvalue weighted by Gasteiger charge is -2.40. The number of benzene rings is 10. The molecule has 3 heteroatoms. The number of aryl methyl sites for hydroxylation is 2. The van der Waals surface area contributed by atoms with E-state index in [-0.39, 0.29) is 0 Å². The molecule has 0 saturated heterocycles. The molecule has 0 saturated carbocycles. The van der Waals surface area contributed by atoms with E-state index in [1.54, 1.807) is 0 Å². The van der Waals surface area contributed by atoms with Crippen LogP contribution in [0.5, 0.6) is 0 Å². The summed E-state index contributed by atoms with van der Waals surface area (Å²) < 4.78 is 9.53. The van der Waals surface area contributed by atoms with Crippen LogP contribution in [-0.4, -0.2) is 4.57 Å². The van der Waals surface area contributed by atoms with E-state index in [1.165, 1.54) is 88.0 Å². The average Bonchev–Trinajstić information content (AvgIpc) is 3.97. The molecule has 14 rings (SSSR count). The molecule has 1 aliphatic heterocycles.